The number of carbonyl (C=O) groups is 1. The predicted octanol–water partition coefficient (Wildman–Crippen LogP) is 4.44. The molecule has 0 aliphatic heterocycles. The van der Waals surface area contributed by atoms with E-state index < -0.39 is 0 Å². The smallest absolute Gasteiger partial charge is 0.238 e. The van der Waals surface area contributed by atoms with Crippen molar-refractivity contribution in [1.29, 1.82) is 0 Å². The Hall–Kier alpha value is -1.76. The van der Waals surface area contributed by atoms with Crippen LogP contribution in [0.25, 0.3) is 10.2 Å². The highest BCUT2D eigenvalue weighted by Gasteiger charge is 2.11. The molecule has 0 fully saturated rings. The van der Waals surface area contributed by atoms with Crippen molar-refractivity contribution in [2.45, 2.75) is 13.5 Å². The zero-order chi connectivity index (χ0) is 17.1. The maximum Gasteiger partial charge on any atom is 0.238 e. The number of benzene rings is 2. The van der Waals surface area contributed by atoms with E-state index in [2.05, 4.69) is 32.3 Å². The summed E-state index contributed by atoms with van der Waals surface area (Å²) in [6.07, 6.45) is 0. The Bertz CT molecular complexity index is 845. The van der Waals surface area contributed by atoms with Crippen LogP contribution in [0.1, 0.15) is 10.6 Å². The zero-order valence-corrected chi connectivity index (χ0v) is 15.9. The van der Waals surface area contributed by atoms with E-state index in [4.69, 9.17) is 0 Å². The normalized spacial score (nSPS) is 11.2. The van der Waals surface area contributed by atoms with Gasteiger partial charge in [-0.15, -0.1) is 11.3 Å². The van der Waals surface area contributed by atoms with Gasteiger partial charge in [-0.25, -0.2) is 4.98 Å². The number of halogens is 1. The van der Waals surface area contributed by atoms with Crippen LogP contribution in [0, 0.1) is 6.92 Å². The predicted molar refractivity (Wildman–Crippen MR) is 103 cm³/mol. The van der Waals surface area contributed by atoms with E-state index >= 15 is 0 Å². The lowest BCUT2D eigenvalue weighted by atomic mass is 10.2. The number of nitrogens with one attached hydrogen (secondary N) is 1. The Balaban J connectivity index is 1.58. The number of nitrogens with zero attached hydrogens (tertiary/aromatic N) is 2. The number of thiazole rings is 1. The monoisotopic (exact) mass is 403 g/mol. The molecule has 0 aliphatic rings. The summed E-state index contributed by atoms with van der Waals surface area (Å²) in [6, 6.07) is 13.9. The molecule has 0 spiro atoms. The van der Waals surface area contributed by atoms with Crippen molar-refractivity contribution in [3.05, 3.63) is 57.5 Å². The lowest BCUT2D eigenvalue weighted by molar-refractivity contribution is -0.117. The van der Waals surface area contributed by atoms with Gasteiger partial charge in [-0.2, -0.15) is 0 Å². The number of amides is 1. The summed E-state index contributed by atoms with van der Waals surface area (Å²) in [5, 5.41) is 3.95. The molecule has 3 rings (SSSR count). The molecule has 2 aromatic carbocycles. The zero-order valence-electron chi connectivity index (χ0n) is 13.5. The lowest BCUT2D eigenvalue weighted by Crippen LogP contribution is -2.29. The standard InChI is InChI=1S/C18H18BrN3OS/c1-12-9-13(7-8-14(12)19)20-17(23)10-22(2)11-18-21-15-5-3-4-6-16(15)24-18/h3-9H,10-11H2,1-2H3,(H,20,23). The second-order valence-corrected chi connectivity index (χ2v) is 7.73. The molecular formula is C18H18BrN3OS. The number of aromatic nitrogens is 1. The van der Waals surface area contributed by atoms with Crippen LogP contribution in [0.4, 0.5) is 5.69 Å². The fraction of sp³-hybridized carbons (Fsp3) is 0.222. The van der Waals surface area contributed by atoms with Gasteiger partial charge < -0.3 is 5.32 Å². The number of hydrogen-bond acceptors (Lipinski definition) is 4. The maximum absolute atomic E-state index is 12.2. The molecule has 1 N–H and O–H groups in total. The molecule has 0 saturated carbocycles. The average molecular weight is 404 g/mol. The summed E-state index contributed by atoms with van der Waals surface area (Å²) in [6.45, 7) is 2.98. The summed E-state index contributed by atoms with van der Waals surface area (Å²) < 4.78 is 2.21. The minimum absolute atomic E-state index is 0.0275. The van der Waals surface area contributed by atoms with E-state index in [0.717, 1.165) is 26.2 Å². The van der Waals surface area contributed by atoms with Gasteiger partial charge in [0.2, 0.25) is 5.91 Å². The third-order valence-electron chi connectivity index (χ3n) is 3.60. The molecule has 1 aromatic heterocycles. The van der Waals surface area contributed by atoms with Gasteiger partial charge >= 0.3 is 0 Å². The van der Waals surface area contributed by atoms with Gasteiger partial charge in [0.05, 0.1) is 23.3 Å². The maximum atomic E-state index is 12.2. The van der Waals surface area contributed by atoms with E-state index in [-0.39, 0.29) is 5.91 Å². The Labute approximate surface area is 153 Å². The Morgan fingerprint density at radius 2 is 2.08 bits per heavy atom. The largest absolute Gasteiger partial charge is 0.325 e. The van der Waals surface area contributed by atoms with Crippen molar-refractivity contribution in [3.63, 3.8) is 0 Å². The minimum Gasteiger partial charge on any atom is -0.325 e. The van der Waals surface area contributed by atoms with Crippen LogP contribution >= 0.6 is 27.3 Å². The molecule has 4 nitrogen and oxygen atoms in total. The minimum atomic E-state index is -0.0275. The van der Waals surface area contributed by atoms with E-state index in [9.17, 15) is 4.79 Å². The van der Waals surface area contributed by atoms with Gasteiger partial charge in [-0.3, -0.25) is 9.69 Å². The molecule has 0 unspecified atom stereocenters. The van der Waals surface area contributed by atoms with Crippen LogP contribution in [-0.2, 0) is 11.3 Å². The summed E-state index contributed by atoms with van der Waals surface area (Å²) in [7, 11) is 1.93. The summed E-state index contributed by atoms with van der Waals surface area (Å²) in [5.74, 6) is -0.0275. The first-order chi connectivity index (χ1) is 11.5. The number of rotatable bonds is 5. The Kier molecular flexibility index (Phi) is 5.28. The lowest BCUT2D eigenvalue weighted by Gasteiger charge is -2.15. The topological polar surface area (TPSA) is 45.2 Å². The number of aryl methyl sites for hydroxylation is 1. The first-order valence-corrected chi connectivity index (χ1v) is 9.21. The highest BCUT2D eigenvalue weighted by Crippen LogP contribution is 2.22. The SMILES string of the molecule is Cc1cc(NC(=O)CN(C)Cc2nc3ccccc3s2)ccc1Br. The van der Waals surface area contributed by atoms with E-state index in [1.807, 2.05) is 55.3 Å². The van der Waals surface area contributed by atoms with Crippen LogP contribution in [0.2, 0.25) is 0 Å². The molecule has 0 atom stereocenters. The first-order valence-electron chi connectivity index (χ1n) is 7.60. The van der Waals surface area contributed by atoms with Gasteiger partial charge in [0, 0.05) is 10.2 Å². The molecule has 0 radical (unpaired) electrons. The van der Waals surface area contributed by atoms with E-state index in [1.165, 1.54) is 4.70 Å². The molecule has 0 saturated heterocycles. The third-order valence-corrected chi connectivity index (χ3v) is 5.51. The molecule has 24 heavy (non-hydrogen) atoms. The van der Waals surface area contributed by atoms with Crippen LogP contribution in [0.15, 0.2) is 46.9 Å². The van der Waals surface area contributed by atoms with Crippen LogP contribution in [0.3, 0.4) is 0 Å². The first kappa shape index (κ1) is 17.1. The van der Waals surface area contributed by atoms with Crippen LogP contribution in [0.5, 0.6) is 0 Å². The van der Waals surface area contributed by atoms with Crippen LogP contribution < -0.4 is 5.32 Å². The molecule has 3 aromatic rings. The second-order valence-electron chi connectivity index (χ2n) is 5.76. The fourth-order valence-electron chi connectivity index (χ4n) is 2.44. The van der Waals surface area contributed by atoms with Crippen molar-refractivity contribution in [3.8, 4) is 0 Å². The van der Waals surface area contributed by atoms with Crippen molar-refractivity contribution in [1.82, 2.24) is 9.88 Å². The van der Waals surface area contributed by atoms with Crippen molar-refractivity contribution in [2.24, 2.45) is 0 Å². The quantitative estimate of drug-likeness (QED) is 0.684. The number of anilines is 1. The number of likely N-dealkylation sites (N-methyl/N-ethyl adjacent to an activating group) is 1. The van der Waals surface area contributed by atoms with E-state index in [0.29, 0.717) is 13.1 Å². The van der Waals surface area contributed by atoms with Gasteiger partial charge in [0.1, 0.15) is 5.01 Å². The van der Waals surface area contributed by atoms with Gasteiger partial charge in [-0.05, 0) is 49.9 Å². The van der Waals surface area contributed by atoms with E-state index in [1.54, 1.807) is 11.3 Å². The van der Waals surface area contributed by atoms with Crippen molar-refractivity contribution >= 4 is 49.1 Å². The van der Waals surface area contributed by atoms with Crippen molar-refractivity contribution < 1.29 is 4.79 Å². The van der Waals surface area contributed by atoms with Gasteiger partial charge in [0.25, 0.3) is 0 Å². The van der Waals surface area contributed by atoms with Gasteiger partial charge in [-0.1, -0.05) is 28.1 Å². The number of para-hydroxylation sites is 1. The Morgan fingerprint density at radius 1 is 1.29 bits per heavy atom. The number of hydrogen-bond donors (Lipinski definition) is 1. The van der Waals surface area contributed by atoms with Crippen LogP contribution in [-0.4, -0.2) is 29.4 Å². The van der Waals surface area contributed by atoms with Gasteiger partial charge in [0.15, 0.2) is 0 Å². The molecule has 0 bridgehead atoms. The third kappa shape index (κ3) is 4.20. The number of carbonyl (C=O) groups excluding carboxylic acids is 1. The highest BCUT2D eigenvalue weighted by atomic mass is 79.9. The second kappa shape index (κ2) is 7.42. The summed E-state index contributed by atoms with van der Waals surface area (Å²) in [5.41, 5.74) is 2.92. The summed E-state index contributed by atoms with van der Waals surface area (Å²) in [4.78, 5) is 18.8. The average Bonchev–Trinajstić information content (AvgIpc) is 2.92. The Morgan fingerprint density at radius 3 is 2.83 bits per heavy atom. The molecule has 1 heterocycles. The molecule has 6 heteroatoms. The summed E-state index contributed by atoms with van der Waals surface area (Å²) >= 11 is 5.13. The number of fused-ring (bicyclic) bond motifs is 1. The highest BCUT2D eigenvalue weighted by molar-refractivity contribution is 9.10. The molecule has 1 amide bonds. The fourth-order valence-corrected chi connectivity index (χ4v) is 3.74. The molecule has 0 aliphatic carbocycles. The van der Waals surface area contributed by atoms with Crippen molar-refractivity contribution in [2.75, 3.05) is 18.9 Å². The molecular weight excluding hydrogens is 386 g/mol. The molecule has 124 valence electrons.